The lowest BCUT2D eigenvalue weighted by Gasteiger charge is -2.21. The van der Waals surface area contributed by atoms with Gasteiger partial charge < -0.3 is 4.90 Å². The van der Waals surface area contributed by atoms with Gasteiger partial charge >= 0.3 is 0 Å². The van der Waals surface area contributed by atoms with Crippen molar-refractivity contribution in [3.63, 3.8) is 0 Å². The maximum atomic E-state index is 13.2. The fourth-order valence-corrected chi connectivity index (χ4v) is 5.02. The van der Waals surface area contributed by atoms with Gasteiger partial charge in [-0.1, -0.05) is 44.2 Å². The molecule has 1 aliphatic rings. The van der Waals surface area contributed by atoms with Gasteiger partial charge in [0.25, 0.3) is 5.91 Å². The molecule has 6 heteroatoms. The van der Waals surface area contributed by atoms with E-state index in [1.807, 2.05) is 59.0 Å². The van der Waals surface area contributed by atoms with Crippen molar-refractivity contribution in [1.29, 1.82) is 0 Å². The number of carbonyl (C=O) groups is 1. The Morgan fingerprint density at radius 1 is 1.03 bits per heavy atom. The average molecular weight is 403 g/mol. The highest BCUT2D eigenvalue weighted by molar-refractivity contribution is 7.14. The summed E-state index contributed by atoms with van der Waals surface area (Å²) in [7, 11) is 0. The van der Waals surface area contributed by atoms with Crippen molar-refractivity contribution in [2.75, 3.05) is 4.90 Å². The topological polar surface area (TPSA) is 51.0 Å². The van der Waals surface area contributed by atoms with Crippen molar-refractivity contribution in [3.8, 4) is 5.69 Å². The highest BCUT2D eigenvalue weighted by Crippen LogP contribution is 2.40. The van der Waals surface area contributed by atoms with Gasteiger partial charge in [-0.25, -0.2) is 4.68 Å². The van der Waals surface area contributed by atoms with Crippen LogP contribution in [0.2, 0.25) is 0 Å². The molecule has 4 aromatic rings. The van der Waals surface area contributed by atoms with Crippen LogP contribution in [0.3, 0.4) is 0 Å². The lowest BCUT2D eigenvalue weighted by atomic mass is 9.94. The number of rotatable bonds is 2. The van der Waals surface area contributed by atoms with Crippen molar-refractivity contribution in [3.05, 3.63) is 69.4 Å². The number of hydrogen-bond acceptors (Lipinski definition) is 4. The van der Waals surface area contributed by atoms with Gasteiger partial charge in [0, 0.05) is 10.6 Å². The molecule has 0 bridgehead atoms. The van der Waals surface area contributed by atoms with Crippen molar-refractivity contribution in [1.82, 2.24) is 15.0 Å². The van der Waals surface area contributed by atoms with Gasteiger partial charge in [0.2, 0.25) is 0 Å². The molecule has 0 radical (unpaired) electrons. The van der Waals surface area contributed by atoms with Gasteiger partial charge in [-0.2, -0.15) is 0 Å². The molecule has 2 aromatic carbocycles. The molecule has 29 heavy (non-hydrogen) atoms. The lowest BCUT2D eigenvalue weighted by molar-refractivity contribution is 0.1000. The Balaban J connectivity index is 1.55. The monoisotopic (exact) mass is 402 g/mol. The minimum atomic E-state index is 0.0596. The maximum Gasteiger partial charge on any atom is 0.269 e. The molecule has 0 spiro atoms. The smallest absolute Gasteiger partial charge is 0.269 e. The van der Waals surface area contributed by atoms with Crippen molar-refractivity contribution in [2.24, 2.45) is 0 Å². The number of hydrogen-bond donors (Lipinski definition) is 0. The summed E-state index contributed by atoms with van der Waals surface area (Å²) in [4.78, 5) is 17.2. The number of carbonyl (C=O) groups excluding carboxylic acids is 1. The summed E-state index contributed by atoms with van der Waals surface area (Å²) in [5.74, 6) is 0.0872. The molecule has 0 saturated heterocycles. The number of benzene rings is 2. The zero-order valence-corrected chi connectivity index (χ0v) is 17.7. The van der Waals surface area contributed by atoms with E-state index in [2.05, 4.69) is 37.1 Å². The summed E-state index contributed by atoms with van der Waals surface area (Å²) in [5, 5.41) is 8.62. The van der Waals surface area contributed by atoms with E-state index in [9.17, 15) is 4.79 Å². The molecule has 0 atom stereocenters. The molecule has 0 aliphatic carbocycles. The summed E-state index contributed by atoms with van der Waals surface area (Å²) in [5.41, 5.74) is 5.87. The first-order valence-electron chi connectivity index (χ1n) is 9.70. The summed E-state index contributed by atoms with van der Waals surface area (Å²) in [6.45, 7) is 9.22. The van der Waals surface area contributed by atoms with Crippen LogP contribution in [0, 0.1) is 6.92 Å². The van der Waals surface area contributed by atoms with Crippen LogP contribution in [0.25, 0.3) is 16.7 Å². The highest BCUT2D eigenvalue weighted by Gasteiger charge is 2.34. The molecule has 0 unspecified atom stereocenters. The van der Waals surface area contributed by atoms with Crippen LogP contribution in [0.4, 0.5) is 5.69 Å². The fourth-order valence-electron chi connectivity index (χ4n) is 3.84. The molecule has 0 fully saturated rings. The molecule has 1 amide bonds. The maximum absolute atomic E-state index is 13.2. The van der Waals surface area contributed by atoms with Crippen molar-refractivity contribution < 1.29 is 4.79 Å². The van der Waals surface area contributed by atoms with E-state index in [4.69, 9.17) is 0 Å². The van der Waals surface area contributed by atoms with Crippen molar-refractivity contribution >= 4 is 34.0 Å². The number of aromatic nitrogens is 3. The zero-order valence-electron chi connectivity index (χ0n) is 16.9. The van der Waals surface area contributed by atoms with Crippen LogP contribution in [-0.2, 0) is 12.0 Å². The van der Waals surface area contributed by atoms with Gasteiger partial charge in [0.05, 0.1) is 22.6 Å². The highest BCUT2D eigenvalue weighted by atomic mass is 32.1. The van der Waals surface area contributed by atoms with E-state index in [0.29, 0.717) is 6.54 Å². The van der Waals surface area contributed by atoms with Crippen LogP contribution in [0.1, 0.15) is 46.4 Å². The third-order valence-corrected chi connectivity index (χ3v) is 7.05. The minimum absolute atomic E-state index is 0.0596. The Kier molecular flexibility index (Phi) is 3.90. The Labute approximate surface area is 173 Å². The second-order valence-electron chi connectivity index (χ2n) is 8.52. The molecule has 5 rings (SSSR count). The van der Waals surface area contributed by atoms with Crippen LogP contribution in [-0.4, -0.2) is 20.9 Å². The second-order valence-corrected chi connectivity index (χ2v) is 9.57. The summed E-state index contributed by atoms with van der Waals surface area (Å²) in [6, 6.07) is 16.1. The molecule has 5 nitrogen and oxygen atoms in total. The SMILES string of the molecule is Cc1c(N2Cc3cc(C(C)(C)C)sc3C2=O)cccc1-n1nnc2ccccc21. The second kappa shape index (κ2) is 6.26. The van der Waals surface area contributed by atoms with Gasteiger partial charge in [-0.05, 0) is 53.8 Å². The zero-order chi connectivity index (χ0) is 20.3. The quantitative estimate of drug-likeness (QED) is 0.460. The first-order valence-corrected chi connectivity index (χ1v) is 10.5. The van der Waals surface area contributed by atoms with E-state index in [1.165, 1.54) is 4.88 Å². The van der Waals surface area contributed by atoms with E-state index >= 15 is 0 Å². The summed E-state index contributed by atoms with van der Waals surface area (Å²) in [6.07, 6.45) is 0. The van der Waals surface area contributed by atoms with Crippen LogP contribution >= 0.6 is 11.3 Å². The first-order chi connectivity index (χ1) is 13.8. The summed E-state index contributed by atoms with van der Waals surface area (Å²) < 4.78 is 1.85. The van der Waals surface area contributed by atoms with E-state index < -0.39 is 0 Å². The Bertz CT molecular complexity index is 1260. The van der Waals surface area contributed by atoms with Crippen molar-refractivity contribution in [2.45, 2.75) is 39.7 Å². The molecule has 0 saturated carbocycles. The molecule has 3 heterocycles. The average Bonchev–Trinajstić information content (AvgIpc) is 3.36. The Morgan fingerprint density at radius 2 is 1.79 bits per heavy atom. The minimum Gasteiger partial charge on any atom is -0.303 e. The van der Waals surface area contributed by atoms with Crippen LogP contribution < -0.4 is 4.90 Å². The number of nitrogens with zero attached hydrogens (tertiary/aromatic N) is 4. The predicted molar refractivity (Wildman–Crippen MR) is 117 cm³/mol. The van der Waals surface area contributed by atoms with Gasteiger partial charge in [-0.3, -0.25) is 4.79 Å². The number of thiophene rings is 1. The molecule has 1 aliphatic heterocycles. The van der Waals surface area contributed by atoms with Gasteiger partial charge in [0.1, 0.15) is 5.52 Å². The predicted octanol–water partition coefficient (Wildman–Crippen LogP) is 5.25. The number of fused-ring (bicyclic) bond motifs is 2. The Hall–Kier alpha value is -2.99. The molecule has 2 aromatic heterocycles. The molecule has 146 valence electrons. The standard InChI is InChI=1S/C23H22N4OS/c1-14-17(26-13-15-12-20(23(2,3)4)29-21(15)22(26)28)10-7-11-18(14)27-19-9-6-5-8-16(19)24-25-27/h5-12H,13H2,1-4H3. The lowest BCUT2D eigenvalue weighted by Crippen LogP contribution is -2.24. The largest absolute Gasteiger partial charge is 0.303 e. The van der Waals surface area contributed by atoms with E-state index in [-0.39, 0.29) is 11.3 Å². The number of para-hydroxylation sites is 1. The normalized spacial score (nSPS) is 14.1. The number of anilines is 1. The number of amides is 1. The first kappa shape index (κ1) is 18.1. The van der Waals surface area contributed by atoms with E-state index in [1.54, 1.807) is 11.3 Å². The van der Waals surface area contributed by atoms with Gasteiger partial charge in [-0.15, -0.1) is 16.4 Å². The van der Waals surface area contributed by atoms with Crippen LogP contribution in [0.5, 0.6) is 0 Å². The van der Waals surface area contributed by atoms with Crippen LogP contribution in [0.15, 0.2) is 48.5 Å². The summed E-state index contributed by atoms with van der Waals surface area (Å²) >= 11 is 1.63. The fraction of sp³-hybridized carbons (Fsp3) is 0.261. The van der Waals surface area contributed by atoms with E-state index in [0.717, 1.165) is 38.4 Å². The molecule has 0 N–H and O–H groups in total. The molecular weight excluding hydrogens is 380 g/mol. The third-order valence-electron chi connectivity index (χ3n) is 5.46. The van der Waals surface area contributed by atoms with Gasteiger partial charge in [0.15, 0.2) is 0 Å². The Morgan fingerprint density at radius 3 is 2.55 bits per heavy atom. The third kappa shape index (κ3) is 2.78. The molecular formula is C23H22N4OS.